The maximum Gasteiger partial charge on any atom is 0.318 e. The van der Waals surface area contributed by atoms with Crippen LogP contribution in [-0.2, 0) is 27.1 Å². The third-order valence-corrected chi connectivity index (χ3v) is 6.17. The summed E-state index contributed by atoms with van der Waals surface area (Å²) in [4.78, 5) is 10.3. The molecule has 0 spiro atoms. The number of halogens is 2. The molecule has 1 saturated heterocycles. The molecule has 2 aromatic heterocycles. The van der Waals surface area contributed by atoms with Crippen molar-refractivity contribution in [2.24, 2.45) is 0 Å². The summed E-state index contributed by atoms with van der Waals surface area (Å²) < 4.78 is 60.2. The normalized spacial score (nSPS) is 18.6. The summed E-state index contributed by atoms with van der Waals surface area (Å²) in [5, 5.41) is 11.2. The summed E-state index contributed by atoms with van der Waals surface area (Å²) in [6.45, 7) is 0.852. The third kappa shape index (κ3) is 4.78. The van der Waals surface area contributed by atoms with Crippen LogP contribution in [0.3, 0.4) is 0 Å². The van der Waals surface area contributed by atoms with Gasteiger partial charge in [0.15, 0.2) is 11.6 Å². The zero-order valence-corrected chi connectivity index (χ0v) is 18.3. The highest BCUT2D eigenvalue weighted by molar-refractivity contribution is 7.86. The predicted molar refractivity (Wildman–Crippen MR) is 113 cm³/mol. The summed E-state index contributed by atoms with van der Waals surface area (Å²) in [5.74, 6) is -1.09. The van der Waals surface area contributed by atoms with Crippen LogP contribution in [0.4, 0.5) is 20.7 Å². The fraction of sp³-hybridized carbons (Fsp3) is 0.400. The predicted octanol–water partition coefficient (Wildman–Crippen LogP) is 1.94. The Morgan fingerprint density at radius 3 is 2.42 bits per heavy atom. The third-order valence-electron chi connectivity index (χ3n) is 5.55. The summed E-state index contributed by atoms with van der Waals surface area (Å²) in [7, 11) is -3.53. The Morgan fingerprint density at radius 1 is 1.12 bits per heavy atom. The molecule has 33 heavy (non-hydrogen) atoms. The Kier molecular flexibility index (Phi) is 5.44. The second-order valence-electron chi connectivity index (χ2n) is 8.13. The van der Waals surface area contributed by atoms with Crippen molar-refractivity contribution in [2.45, 2.75) is 31.4 Å². The molecule has 0 saturated carbocycles. The van der Waals surface area contributed by atoms with Gasteiger partial charge in [0.1, 0.15) is 0 Å². The quantitative estimate of drug-likeness (QED) is 0.526. The number of fused-ring (bicyclic) bond motifs is 1. The first kappa shape index (κ1) is 21.6. The molecule has 0 bridgehead atoms. The molecule has 1 atom stereocenters. The van der Waals surface area contributed by atoms with Crippen molar-refractivity contribution < 1.29 is 25.8 Å². The minimum Gasteiger partial charge on any atom is -0.403 e. The molecule has 1 aliphatic carbocycles. The van der Waals surface area contributed by atoms with Crippen LogP contribution in [-0.4, -0.2) is 60.1 Å². The minimum absolute atomic E-state index is 0.0701. The molecule has 0 radical (unpaired) electrons. The van der Waals surface area contributed by atoms with E-state index in [1.54, 1.807) is 4.90 Å². The van der Waals surface area contributed by atoms with Crippen LogP contribution in [0.5, 0.6) is 0 Å². The molecule has 1 aliphatic heterocycles. The molecule has 1 aromatic carbocycles. The average molecular weight is 478 g/mol. The van der Waals surface area contributed by atoms with E-state index < -0.39 is 27.9 Å². The van der Waals surface area contributed by atoms with E-state index in [9.17, 15) is 17.2 Å². The fourth-order valence-corrected chi connectivity index (χ4v) is 4.75. The van der Waals surface area contributed by atoms with Gasteiger partial charge in [-0.05, 0) is 42.5 Å². The molecular weight excluding hydrogens is 458 g/mol. The van der Waals surface area contributed by atoms with Gasteiger partial charge in [0.25, 0.3) is 16.0 Å². The highest BCUT2D eigenvalue weighted by Crippen LogP contribution is 2.28. The molecule has 13 heteroatoms. The zero-order valence-electron chi connectivity index (χ0n) is 17.5. The second kappa shape index (κ2) is 8.30. The van der Waals surface area contributed by atoms with Crippen LogP contribution in [0.25, 0.3) is 11.5 Å². The van der Waals surface area contributed by atoms with Gasteiger partial charge in [-0.15, -0.1) is 5.10 Å². The first-order valence-electron chi connectivity index (χ1n) is 10.3. The molecule has 0 amide bonds. The topological polar surface area (TPSA) is 123 Å². The van der Waals surface area contributed by atoms with E-state index in [1.165, 1.54) is 24.5 Å². The molecule has 1 unspecified atom stereocenters. The highest BCUT2D eigenvalue weighted by atomic mass is 32.2. The lowest BCUT2D eigenvalue weighted by molar-refractivity contribution is 0.234. The van der Waals surface area contributed by atoms with E-state index in [0.717, 1.165) is 17.4 Å². The summed E-state index contributed by atoms with van der Waals surface area (Å²) >= 11 is 0. The molecule has 5 rings (SSSR count). The minimum atomic E-state index is -3.53. The largest absolute Gasteiger partial charge is 0.403 e. The molecule has 3 aromatic rings. The number of benzene rings is 1. The lowest BCUT2D eigenvalue weighted by Gasteiger charge is -2.12. The van der Waals surface area contributed by atoms with Crippen LogP contribution in [0.2, 0.25) is 0 Å². The van der Waals surface area contributed by atoms with Gasteiger partial charge in [-0.25, -0.2) is 18.7 Å². The zero-order chi connectivity index (χ0) is 23.2. The van der Waals surface area contributed by atoms with Crippen LogP contribution in [0, 0.1) is 11.6 Å². The fourth-order valence-electron chi connectivity index (χ4n) is 4.10. The molecule has 174 valence electrons. The Balaban J connectivity index is 1.21. The van der Waals surface area contributed by atoms with E-state index in [0.29, 0.717) is 43.9 Å². The van der Waals surface area contributed by atoms with Gasteiger partial charge in [-0.2, -0.15) is 8.42 Å². The number of hydrogen-bond acceptors (Lipinski definition) is 10. The summed E-state index contributed by atoms with van der Waals surface area (Å²) in [6, 6.07) is 2.66. The number of rotatable bonds is 6. The number of nitrogens with zero attached hydrogens (tertiary/aromatic N) is 5. The highest BCUT2D eigenvalue weighted by Gasteiger charge is 2.29. The van der Waals surface area contributed by atoms with Crippen molar-refractivity contribution in [3.05, 3.63) is 47.3 Å². The van der Waals surface area contributed by atoms with Crippen LogP contribution in [0.15, 0.2) is 28.9 Å². The first-order chi connectivity index (χ1) is 15.7. The van der Waals surface area contributed by atoms with Gasteiger partial charge in [0.2, 0.25) is 5.95 Å². The number of anilines is 2. The van der Waals surface area contributed by atoms with Crippen molar-refractivity contribution in [1.82, 2.24) is 20.2 Å². The molecule has 2 aliphatic rings. The van der Waals surface area contributed by atoms with E-state index in [2.05, 4.69) is 25.5 Å². The van der Waals surface area contributed by atoms with Crippen LogP contribution in [0.1, 0.15) is 17.5 Å². The Hall–Kier alpha value is -3.19. The van der Waals surface area contributed by atoms with Gasteiger partial charge < -0.3 is 14.6 Å². The van der Waals surface area contributed by atoms with Crippen LogP contribution < -0.4 is 10.2 Å². The summed E-state index contributed by atoms with van der Waals surface area (Å²) in [5.41, 5.74) is 2.06. The van der Waals surface area contributed by atoms with Crippen molar-refractivity contribution in [2.75, 3.05) is 29.6 Å². The van der Waals surface area contributed by atoms with Gasteiger partial charge in [0.05, 0.1) is 24.5 Å². The maximum absolute atomic E-state index is 13.4. The van der Waals surface area contributed by atoms with E-state index in [4.69, 9.17) is 8.60 Å². The molecule has 1 N–H and O–H groups in total. The maximum atomic E-state index is 13.4. The lowest BCUT2D eigenvalue weighted by Crippen LogP contribution is -2.24. The van der Waals surface area contributed by atoms with Gasteiger partial charge in [-0.1, -0.05) is 5.10 Å². The average Bonchev–Trinajstić information content (AvgIpc) is 3.48. The van der Waals surface area contributed by atoms with E-state index >= 15 is 0 Å². The monoisotopic (exact) mass is 478 g/mol. The smallest absolute Gasteiger partial charge is 0.318 e. The number of aromatic nitrogens is 4. The lowest BCUT2D eigenvalue weighted by atomic mass is 10.1. The standard InChI is InChI=1S/C20H20F2N6O4S/c1-33(29,30)32-15-2-3-28(10-15)20-27-26-18(31-20)13-8-23-19(24-9-13)25-14-4-11-6-16(21)17(22)7-12(11)5-14/h6-9,14-15H,2-5,10H2,1H3,(H,23,24,25). The van der Waals surface area contributed by atoms with Crippen molar-refractivity contribution in [3.63, 3.8) is 0 Å². The van der Waals surface area contributed by atoms with Crippen molar-refractivity contribution >= 4 is 22.1 Å². The molecular formula is C20H20F2N6O4S. The second-order valence-corrected chi connectivity index (χ2v) is 9.73. The van der Waals surface area contributed by atoms with Gasteiger partial charge >= 0.3 is 6.01 Å². The SMILES string of the molecule is CS(=O)(=O)OC1CCN(c2nnc(-c3cnc(NC4Cc5cc(F)c(F)cc5C4)nc3)o2)C1. The molecule has 1 fully saturated rings. The number of nitrogens with one attached hydrogen (secondary N) is 1. The molecule has 10 nitrogen and oxygen atoms in total. The van der Waals surface area contributed by atoms with Crippen molar-refractivity contribution in [3.8, 4) is 11.5 Å². The summed E-state index contributed by atoms with van der Waals surface area (Å²) in [6.07, 6.45) is 5.25. The first-order valence-corrected chi connectivity index (χ1v) is 12.1. The number of hydrogen-bond donors (Lipinski definition) is 1. The van der Waals surface area contributed by atoms with Gasteiger partial charge in [-0.3, -0.25) is 4.18 Å². The van der Waals surface area contributed by atoms with E-state index in [-0.39, 0.29) is 17.9 Å². The van der Waals surface area contributed by atoms with Gasteiger partial charge in [0, 0.05) is 25.0 Å². The Labute approximate surface area is 188 Å². The van der Waals surface area contributed by atoms with Crippen LogP contribution >= 0.6 is 0 Å². The Morgan fingerprint density at radius 2 is 1.79 bits per heavy atom. The molecule has 3 heterocycles. The Bertz CT molecular complexity index is 1250. The van der Waals surface area contributed by atoms with Crippen molar-refractivity contribution in [1.29, 1.82) is 0 Å². The van der Waals surface area contributed by atoms with E-state index in [1.807, 2.05) is 0 Å².